The molecule has 16 heavy (non-hydrogen) atoms. The van der Waals surface area contributed by atoms with E-state index in [9.17, 15) is 4.79 Å². The zero-order chi connectivity index (χ0) is 12.0. The highest BCUT2D eigenvalue weighted by Gasteiger charge is 2.10. The van der Waals surface area contributed by atoms with Crippen molar-refractivity contribution in [2.24, 2.45) is 0 Å². The van der Waals surface area contributed by atoms with E-state index in [0.717, 1.165) is 11.3 Å². The van der Waals surface area contributed by atoms with E-state index in [1.54, 1.807) is 6.92 Å². The monoisotopic (exact) mass is 219 g/mol. The molecule has 1 unspecified atom stereocenters. The van der Waals surface area contributed by atoms with Gasteiger partial charge < -0.3 is 10.1 Å². The van der Waals surface area contributed by atoms with E-state index >= 15 is 0 Å². The zero-order valence-electron chi connectivity index (χ0n) is 9.69. The first-order valence-corrected chi connectivity index (χ1v) is 5.23. The van der Waals surface area contributed by atoms with Crippen LogP contribution in [0.5, 0.6) is 0 Å². The summed E-state index contributed by atoms with van der Waals surface area (Å²) in [7, 11) is 0. The molecule has 0 aromatic heterocycles. The van der Waals surface area contributed by atoms with Gasteiger partial charge in [0.2, 0.25) is 0 Å². The lowest BCUT2D eigenvalue weighted by Crippen LogP contribution is -2.23. The Labute approximate surface area is 96.1 Å². The molecule has 3 nitrogen and oxygen atoms in total. The van der Waals surface area contributed by atoms with Crippen molar-refractivity contribution in [2.75, 3.05) is 6.54 Å². The summed E-state index contributed by atoms with van der Waals surface area (Å²) in [4.78, 5) is 11.4. The third kappa shape index (κ3) is 4.17. The molecule has 0 aliphatic rings. The molecule has 0 saturated carbocycles. The van der Waals surface area contributed by atoms with Gasteiger partial charge in [0, 0.05) is 5.70 Å². The maximum absolute atomic E-state index is 11.4. The van der Waals surface area contributed by atoms with Gasteiger partial charge in [0.05, 0.1) is 0 Å². The summed E-state index contributed by atoms with van der Waals surface area (Å²) in [5.74, 6) is -0.278. The van der Waals surface area contributed by atoms with E-state index in [2.05, 4.69) is 11.9 Å². The number of nitrogens with one attached hydrogen (secondary N) is 1. The summed E-state index contributed by atoms with van der Waals surface area (Å²) in [6, 6.07) is 9.65. The van der Waals surface area contributed by atoms with Crippen LogP contribution < -0.4 is 5.32 Å². The molecule has 1 aromatic carbocycles. The van der Waals surface area contributed by atoms with Crippen LogP contribution in [0.25, 0.3) is 0 Å². The number of hydrogen-bond acceptors (Lipinski definition) is 3. The normalized spacial score (nSPS) is 11.6. The van der Waals surface area contributed by atoms with Gasteiger partial charge in [-0.2, -0.15) is 0 Å². The Hall–Kier alpha value is -1.77. The van der Waals surface area contributed by atoms with Crippen molar-refractivity contribution in [1.29, 1.82) is 0 Å². The Balaban J connectivity index is 2.43. The number of rotatable bonds is 5. The number of esters is 1. The molecule has 1 atom stereocenters. The third-order valence-corrected chi connectivity index (χ3v) is 2.11. The summed E-state index contributed by atoms with van der Waals surface area (Å²) in [5, 5.41) is 2.83. The second-order valence-corrected chi connectivity index (χ2v) is 3.68. The third-order valence-electron chi connectivity index (χ3n) is 2.11. The standard InChI is InChI=1S/C13H17NO2/c1-10(2)14-9-13(15)16-11(3)12-7-5-4-6-8-12/h4-8,11,14H,1,9H2,2-3H3. The maximum Gasteiger partial charge on any atom is 0.325 e. The fourth-order valence-electron chi connectivity index (χ4n) is 1.25. The number of ether oxygens (including phenoxy) is 1. The minimum atomic E-state index is -0.278. The Bertz CT molecular complexity index is 359. The fraction of sp³-hybridized carbons (Fsp3) is 0.308. The Kier molecular flexibility index (Phi) is 4.58. The largest absolute Gasteiger partial charge is 0.456 e. The van der Waals surface area contributed by atoms with Gasteiger partial charge >= 0.3 is 5.97 Å². The molecular weight excluding hydrogens is 202 g/mol. The molecule has 1 aromatic rings. The first kappa shape index (κ1) is 12.3. The summed E-state index contributed by atoms with van der Waals surface area (Å²) in [6.07, 6.45) is -0.222. The second-order valence-electron chi connectivity index (χ2n) is 3.68. The number of carbonyl (C=O) groups excluding carboxylic acids is 1. The van der Waals surface area contributed by atoms with E-state index in [0.29, 0.717) is 0 Å². The van der Waals surface area contributed by atoms with E-state index < -0.39 is 0 Å². The van der Waals surface area contributed by atoms with Gasteiger partial charge in [-0.15, -0.1) is 0 Å². The highest BCUT2D eigenvalue weighted by atomic mass is 16.5. The average Bonchev–Trinajstić information content (AvgIpc) is 2.27. The number of allylic oxidation sites excluding steroid dienone is 1. The quantitative estimate of drug-likeness (QED) is 0.773. The second kappa shape index (κ2) is 5.95. The lowest BCUT2D eigenvalue weighted by atomic mass is 10.1. The van der Waals surface area contributed by atoms with Crippen LogP contribution in [0.15, 0.2) is 42.6 Å². The van der Waals surface area contributed by atoms with Crippen LogP contribution in [0, 0.1) is 0 Å². The van der Waals surface area contributed by atoms with Crippen molar-refractivity contribution in [3.8, 4) is 0 Å². The minimum Gasteiger partial charge on any atom is -0.456 e. The maximum atomic E-state index is 11.4. The molecule has 0 aliphatic heterocycles. The van der Waals surface area contributed by atoms with Crippen molar-refractivity contribution in [1.82, 2.24) is 5.32 Å². The van der Waals surface area contributed by atoms with E-state index in [-0.39, 0.29) is 18.6 Å². The van der Waals surface area contributed by atoms with E-state index in [1.807, 2.05) is 37.3 Å². The minimum absolute atomic E-state index is 0.159. The van der Waals surface area contributed by atoms with Gasteiger partial charge in [0.1, 0.15) is 12.6 Å². The molecule has 0 amide bonds. The molecule has 0 spiro atoms. The number of carbonyl (C=O) groups is 1. The zero-order valence-corrected chi connectivity index (χ0v) is 9.69. The lowest BCUT2D eigenvalue weighted by Gasteiger charge is -2.14. The predicted octanol–water partition coefficient (Wildman–Crippen LogP) is 2.41. The predicted molar refractivity (Wildman–Crippen MR) is 63.8 cm³/mol. The molecule has 1 N–H and O–H groups in total. The van der Waals surface area contributed by atoms with Gasteiger partial charge in [-0.1, -0.05) is 36.9 Å². The molecule has 86 valence electrons. The van der Waals surface area contributed by atoms with Crippen LogP contribution in [-0.2, 0) is 9.53 Å². The van der Waals surface area contributed by atoms with Crippen LogP contribution in [0.3, 0.4) is 0 Å². The average molecular weight is 219 g/mol. The molecular formula is C13H17NO2. The van der Waals surface area contributed by atoms with Crippen LogP contribution in [-0.4, -0.2) is 12.5 Å². The molecule has 0 bridgehead atoms. The SMILES string of the molecule is C=C(C)NCC(=O)OC(C)c1ccccc1. The smallest absolute Gasteiger partial charge is 0.325 e. The molecule has 3 heteroatoms. The van der Waals surface area contributed by atoms with Crippen molar-refractivity contribution in [2.45, 2.75) is 20.0 Å². The first-order chi connectivity index (χ1) is 7.59. The first-order valence-electron chi connectivity index (χ1n) is 5.23. The topological polar surface area (TPSA) is 38.3 Å². The fourth-order valence-corrected chi connectivity index (χ4v) is 1.25. The van der Waals surface area contributed by atoms with Crippen molar-refractivity contribution >= 4 is 5.97 Å². The van der Waals surface area contributed by atoms with Crippen molar-refractivity contribution < 1.29 is 9.53 Å². The molecule has 0 fully saturated rings. The van der Waals surface area contributed by atoms with Gasteiger partial charge in [0.25, 0.3) is 0 Å². The highest BCUT2D eigenvalue weighted by molar-refractivity contribution is 5.72. The lowest BCUT2D eigenvalue weighted by molar-refractivity contribution is -0.147. The van der Waals surface area contributed by atoms with E-state index in [1.165, 1.54) is 0 Å². The van der Waals surface area contributed by atoms with Crippen LogP contribution in [0.1, 0.15) is 25.5 Å². The van der Waals surface area contributed by atoms with Crippen molar-refractivity contribution in [3.05, 3.63) is 48.2 Å². The van der Waals surface area contributed by atoms with Crippen LogP contribution in [0.4, 0.5) is 0 Å². The molecule has 0 radical (unpaired) electrons. The van der Waals surface area contributed by atoms with Gasteiger partial charge in [0.15, 0.2) is 0 Å². The van der Waals surface area contributed by atoms with E-state index in [4.69, 9.17) is 4.74 Å². The molecule has 0 aliphatic carbocycles. The summed E-state index contributed by atoms with van der Waals surface area (Å²) in [6.45, 7) is 7.46. The number of benzene rings is 1. The molecule has 0 heterocycles. The van der Waals surface area contributed by atoms with Crippen LogP contribution >= 0.6 is 0 Å². The van der Waals surface area contributed by atoms with Gasteiger partial charge in [-0.05, 0) is 19.4 Å². The Morgan fingerprint density at radius 1 is 1.44 bits per heavy atom. The Morgan fingerprint density at radius 3 is 2.62 bits per heavy atom. The highest BCUT2D eigenvalue weighted by Crippen LogP contribution is 2.15. The summed E-state index contributed by atoms with van der Waals surface area (Å²) in [5.41, 5.74) is 1.75. The summed E-state index contributed by atoms with van der Waals surface area (Å²) < 4.78 is 5.24. The molecule has 1 rings (SSSR count). The van der Waals surface area contributed by atoms with Gasteiger partial charge in [-0.3, -0.25) is 4.79 Å². The number of hydrogen-bond donors (Lipinski definition) is 1. The molecule has 0 saturated heterocycles. The Morgan fingerprint density at radius 2 is 2.06 bits per heavy atom. The van der Waals surface area contributed by atoms with Crippen LogP contribution in [0.2, 0.25) is 0 Å². The van der Waals surface area contributed by atoms with Gasteiger partial charge in [-0.25, -0.2) is 0 Å². The van der Waals surface area contributed by atoms with Crippen molar-refractivity contribution in [3.63, 3.8) is 0 Å². The summed E-state index contributed by atoms with van der Waals surface area (Å²) >= 11 is 0.